The average Bonchev–Trinajstić information content (AvgIpc) is 2.89. The van der Waals surface area contributed by atoms with Crippen LogP contribution in [-0.2, 0) is 9.59 Å². The molecule has 0 saturated heterocycles. The fraction of sp³-hybridized carbons (Fsp3) is 0.318. The summed E-state index contributed by atoms with van der Waals surface area (Å²) >= 11 is 0. The lowest BCUT2D eigenvalue weighted by molar-refractivity contribution is -0.118. The zero-order chi connectivity index (χ0) is 19.7. The van der Waals surface area contributed by atoms with Crippen LogP contribution >= 0.6 is 0 Å². The van der Waals surface area contributed by atoms with Crippen molar-refractivity contribution in [3.8, 4) is 0 Å². The number of Topliss-reactive ketones (excluding diaryl/α,β-unsaturated/α-hetero) is 1. The predicted molar refractivity (Wildman–Crippen MR) is 104 cm³/mol. The second-order valence-electron chi connectivity index (χ2n) is 7.43. The number of amides is 1. The maximum atomic E-state index is 13.0. The number of carbonyl (C=O) groups excluding carboxylic acids is 2. The molecule has 1 N–H and O–H groups in total. The van der Waals surface area contributed by atoms with E-state index >= 15 is 0 Å². The van der Waals surface area contributed by atoms with Crippen LogP contribution in [0.25, 0.3) is 0 Å². The largest absolute Gasteiger partial charge is 0.503 e. The Kier molecular flexibility index (Phi) is 5.13. The van der Waals surface area contributed by atoms with E-state index in [9.17, 15) is 14.7 Å². The smallest absolute Gasteiger partial charge is 0.294 e. The van der Waals surface area contributed by atoms with Gasteiger partial charge in [0.25, 0.3) is 5.91 Å². The van der Waals surface area contributed by atoms with Gasteiger partial charge in [0.1, 0.15) is 0 Å². The lowest BCUT2D eigenvalue weighted by Gasteiger charge is -2.28. The first-order chi connectivity index (χ1) is 12.8. The number of hydrogen-bond donors (Lipinski definition) is 1. The van der Waals surface area contributed by atoms with Crippen molar-refractivity contribution in [2.45, 2.75) is 40.2 Å². The van der Waals surface area contributed by atoms with Crippen molar-refractivity contribution < 1.29 is 14.7 Å². The molecule has 1 amide bonds. The molecule has 0 aliphatic carbocycles. The number of aliphatic hydroxyl groups excluding tert-OH is 1. The van der Waals surface area contributed by atoms with E-state index in [4.69, 9.17) is 0 Å². The van der Waals surface area contributed by atoms with Crippen LogP contribution in [0.15, 0.2) is 54.1 Å². The maximum absolute atomic E-state index is 13.0. The molecule has 1 atom stereocenters. The van der Waals surface area contributed by atoms with E-state index in [1.165, 1.54) is 4.90 Å². The summed E-state index contributed by atoms with van der Waals surface area (Å²) in [7, 11) is 0. The van der Waals surface area contributed by atoms with Crippen LogP contribution in [0.3, 0.4) is 0 Å². The molecule has 5 heteroatoms. The molecule has 0 radical (unpaired) electrons. The Morgan fingerprint density at radius 1 is 1.19 bits per heavy atom. The van der Waals surface area contributed by atoms with Crippen LogP contribution in [0.4, 0.5) is 5.69 Å². The number of aromatic nitrogens is 1. The Hall–Kier alpha value is -2.95. The lowest BCUT2D eigenvalue weighted by Crippen LogP contribution is -2.31. The molecule has 3 rings (SSSR count). The zero-order valence-electron chi connectivity index (χ0n) is 16.1. The molecule has 0 bridgehead atoms. The molecule has 5 nitrogen and oxygen atoms in total. The number of carbonyl (C=O) groups is 2. The normalized spacial score (nSPS) is 17.1. The molecule has 1 unspecified atom stereocenters. The molecule has 0 spiro atoms. The van der Waals surface area contributed by atoms with Gasteiger partial charge < -0.3 is 5.11 Å². The van der Waals surface area contributed by atoms with E-state index in [1.54, 1.807) is 24.5 Å². The number of aryl methyl sites for hydroxylation is 2. The topological polar surface area (TPSA) is 70.5 Å². The second kappa shape index (κ2) is 7.35. The van der Waals surface area contributed by atoms with E-state index in [0.717, 1.165) is 16.7 Å². The summed E-state index contributed by atoms with van der Waals surface area (Å²) in [6, 6.07) is 8.71. The maximum Gasteiger partial charge on any atom is 0.294 e. The van der Waals surface area contributed by atoms with Gasteiger partial charge in [-0.1, -0.05) is 26.0 Å². The fourth-order valence-electron chi connectivity index (χ4n) is 3.46. The van der Waals surface area contributed by atoms with Gasteiger partial charge in [-0.2, -0.15) is 0 Å². The lowest BCUT2D eigenvalue weighted by atomic mass is 9.92. The number of hydrogen-bond acceptors (Lipinski definition) is 4. The number of rotatable bonds is 5. The predicted octanol–water partition coefficient (Wildman–Crippen LogP) is 4.21. The van der Waals surface area contributed by atoms with Crippen LogP contribution in [0.5, 0.6) is 0 Å². The summed E-state index contributed by atoms with van der Waals surface area (Å²) in [5.41, 5.74) is 3.51. The highest BCUT2D eigenvalue weighted by Crippen LogP contribution is 2.42. The van der Waals surface area contributed by atoms with Crippen molar-refractivity contribution in [3.63, 3.8) is 0 Å². The van der Waals surface area contributed by atoms with Gasteiger partial charge in [0.05, 0.1) is 11.6 Å². The molecular weight excluding hydrogens is 340 g/mol. The standard InChI is InChI=1S/C22H24N2O3/c1-13(2)11-18(25)19-20(16-7-9-23-10-8-16)24(22(27)21(19)26)17-12-14(3)5-6-15(17)4/h5-10,12-13,20,26H,11H2,1-4H3. The van der Waals surface area contributed by atoms with Gasteiger partial charge in [-0.3, -0.25) is 19.5 Å². The van der Waals surface area contributed by atoms with E-state index in [2.05, 4.69) is 4.98 Å². The van der Waals surface area contributed by atoms with Gasteiger partial charge in [0.2, 0.25) is 0 Å². The molecule has 1 aromatic heterocycles. The molecule has 1 aliphatic heterocycles. The van der Waals surface area contributed by atoms with E-state index in [0.29, 0.717) is 5.69 Å². The van der Waals surface area contributed by atoms with Crippen molar-refractivity contribution >= 4 is 17.4 Å². The van der Waals surface area contributed by atoms with Crippen LogP contribution in [-0.4, -0.2) is 21.8 Å². The van der Waals surface area contributed by atoms with Crippen molar-refractivity contribution in [2.24, 2.45) is 5.92 Å². The monoisotopic (exact) mass is 364 g/mol. The molecule has 0 fully saturated rings. The Labute approximate surface area is 159 Å². The van der Waals surface area contributed by atoms with Gasteiger partial charge in [0, 0.05) is 24.5 Å². The number of pyridine rings is 1. The summed E-state index contributed by atoms with van der Waals surface area (Å²) in [4.78, 5) is 31.5. The molecule has 140 valence electrons. The van der Waals surface area contributed by atoms with Gasteiger partial charge >= 0.3 is 0 Å². The van der Waals surface area contributed by atoms with Gasteiger partial charge in [-0.05, 0) is 54.7 Å². The summed E-state index contributed by atoms with van der Waals surface area (Å²) < 4.78 is 0. The number of ketones is 1. The van der Waals surface area contributed by atoms with Gasteiger partial charge in [-0.15, -0.1) is 0 Å². The molecule has 1 aromatic carbocycles. The van der Waals surface area contributed by atoms with Crippen molar-refractivity contribution in [1.82, 2.24) is 4.98 Å². The van der Waals surface area contributed by atoms with E-state index < -0.39 is 17.7 Å². The third-order valence-corrected chi connectivity index (χ3v) is 4.75. The van der Waals surface area contributed by atoms with Gasteiger partial charge in [-0.25, -0.2) is 0 Å². The fourth-order valence-corrected chi connectivity index (χ4v) is 3.46. The number of benzene rings is 1. The summed E-state index contributed by atoms with van der Waals surface area (Å²) in [5, 5.41) is 10.6. The molecule has 2 heterocycles. The second-order valence-corrected chi connectivity index (χ2v) is 7.43. The van der Waals surface area contributed by atoms with E-state index in [1.807, 2.05) is 45.9 Å². The van der Waals surface area contributed by atoms with Crippen molar-refractivity contribution in [2.75, 3.05) is 4.90 Å². The van der Waals surface area contributed by atoms with Crippen LogP contribution in [0, 0.1) is 19.8 Å². The van der Waals surface area contributed by atoms with Gasteiger partial charge in [0.15, 0.2) is 11.5 Å². The highest BCUT2D eigenvalue weighted by atomic mass is 16.3. The minimum absolute atomic E-state index is 0.126. The molecule has 1 aliphatic rings. The average molecular weight is 364 g/mol. The Morgan fingerprint density at radius 2 is 1.85 bits per heavy atom. The summed E-state index contributed by atoms with van der Waals surface area (Å²) in [5.74, 6) is -1.08. The van der Waals surface area contributed by atoms with Crippen molar-refractivity contribution in [3.05, 3.63) is 70.7 Å². The molecule has 0 saturated carbocycles. The highest BCUT2D eigenvalue weighted by molar-refractivity contribution is 6.16. The first-order valence-corrected chi connectivity index (χ1v) is 9.08. The molecule has 27 heavy (non-hydrogen) atoms. The molecule has 2 aromatic rings. The van der Waals surface area contributed by atoms with Crippen molar-refractivity contribution in [1.29, 1.82) is 0 Å². The number of nitrogens with zero attached hydrogens (tertiary/aromatic N) is 2. The number of anilines is 1. The first kappa shape index (κ1) is 18.8. The van der Waals surface area contributed by atoms with E-state index in [-0.39, 0.29) is 23.7 Å². The third kappa shape index (κ3) is 3.50. The minimum Gasteiger partial charge on any atom is -0.503 e. The minimum atomic E-state index is -0.660. The quantitative estimate of drug-likeness (QED) is 0.862. The highest BCUT2D eigenvalue weighted by Gasteiger charge is 2.44. The van der Waals surface area contributed by atoms with Crippen LogP contribution < -0.4 is 4.90 Å². The van der Waals surface area contributed by atoms with Crippen LogP contribution in [0.1, 0.15) is 43.0 Å². The Bertz CT molecular complexity index is 916. The Morgan fingerprint density at radius 3 is 2.48 bits per heavy atom. The summed E-state index contributed by atoms with van der Waals surface area (Å²) in [6.45, 7) is 7.74. The first-order valence-electron chi connectivity index (χ1n) is 9.08. The SMILES string of the molecule is Cc1ccc(C)c(N2C(=O)C(O)=C(C(=O)CC(C)C)C2c2ccncc2)c1. The molecular formula is C22H24N2O3. The third-order valence-electron chi connectivity index (χ3n) is 4.75. The zero-order valence-corrected chi connectivity index (χ0v) is 16.1. The Balaban J connectivity index is 2.18. The summed E-state index contributed by atoms with van der Waals surface area (Å²) in [6.07, 6.45) is 3.52. The number of aliphatic hydroxyl groups is 1. The van der Waals surface area contributed by atoms with Crippen LogP contribution in [0.2, 0.25) is 0 Å².